The van der Waals surface area contributed by atoms with Crippen LogP contribution >= 0.6 is 0 Å². The fourth-order valence-electron chi connectivity index (χ4n) is 6.53. The van der Waals surface area contributed by atoms with Crippen LogP contribution in [0.4, 0.5) is 0 Å². The van der Waals surface area contributed by atoms with E-state index in [1.807, 2.05) is 24.3 Å². The number of fused-ring (bicyclic) bond motifs is 6. The Hall–Kier alpha value is -5.40. The van der Waals surface area contributed by atoms with Crippen LogP contribution in [-0.4, -0.2) is 0 Å². The van der Waals surface area contributed by atoms with Crippen LogP contribution in [0.3, 0.4) is 0 Å². The molecular formula is C40H24O. The third kappa shape index (κ3) is 3.30. The molecule has 8 aromatic rings. The first kappa shape index (κ1) is 18.0. The largest absolute Gasteiger partial charge is 0.456 e. The third-order valence-corrected chi connectivity index (χ3v) is 8.30. The Kier molecular flexibility index (Phi) is 3.76. The van der Waals surface area contributed by atoms with Crippen LogP contribution in [0.15, 0.2) is 145 Å². The van der Waals surface area contributed by atoms with E-state index in [9.17, 15) is 0 Å². The minimum atomic E-state index is -0.403. The predicted molar refractivity (Wildman–Crippen MR) is 173 cm³/mol. The van der Waals surface area contributed by atoms with Gasteiger partial charge in [-0.05, 0) is 89.8 Å². The average Bonchev–Trinajstić information content (AvgIpc) is 3.09. The lowest BCUT2D eigenvalue weighted by molar-refractivity contribution is 0.487. The van der Waals surface area contributed by atoms with Gasteiger partial charge < -0.3 is 4.74 Å². The second kappa shape index (κ2) is 8.55. The lowest BCUT2D eigenvalue weighted by atomic mass is 9.86. The molecule has 0 saturated heterocycles. The highest BCUT2D eigenvalue weighted by molar-refractivity contribution is 6.22. The summed E-state index contributed by atoms with van der Waals surface area (Å²) < 4.78 is 48.4. The zero-order chi connectivity index (χ0) is 31.3. The highest BCUT2D eigenvalue weighted by atomic mass is 16.5. The molecule has 0 aromatic heterocycles. The van der Waals surface area contributed by atoms with Crippen molar-refractivity contribution >= 4 is 43.1 Å². The van der Waals surface area contributed by atoms with Crippen molar-refractivity contribution in [3.8, 4) is 44.9 Å². The fourth-order valence-corrected chi connectivity index (χ4v) is 6.53. The first-order chi connectivity index (χ1) is 22.4. The van der Waals surface area contributed by atoms with E-state index in [1.165, 1.54) is 37.9 Å². The molecule has 9 rings (SSSR count). The van der Waals surface area contributed by atoms with Crippen molar-refractivity contribution in [2.75, 3.05) is 0 Å². The Labute approximate surface area is 244 Å². The maximum Gasteiger partial charge on any atom is 0.135 e. The molecule has 1 aliphatic rings. The van der Waals surface area contributed by atoms with E-state index < -0.39 is 6.04 Å². The Morgan fingerprint density at radius 3 is 2.10 bits per heavy atom. The topological polar surface area (TPSA) is 9.23 Å². The maximum atomic E-state index is 8.64. The van der Waals surface area contributed by atoms with Gasteiger partial charge >= 0.3 is 0 Å². The van der Waals surface area contributed by atoms with Crippen LogP contribution in [0.25, 0.3) is 76.5 Å². The monoisotopic (exact) mass is 525 g/mol. The molecule has 0 saturated carbocycles. The zero-order valence-corrected chi connectivity index (χ0v) is 21.9. The molecule has 0 radical (unpaired) electrons. The van der Waals surface area contributed by atoms with E-state index in [0.29, 0.717) is 11.3 Å². The molecule has 0 atom stereocenters. The van der Waals surface area contributed by atoms with E-state index in [1.54, 1.807) is 6.07 Å². The smallest absolute Gasteiger partial charge is 0.135 e. The van der Waals surface area contributed by atoms with Gasteiger partial charge in [-0.25, -0.2) is 0 Å². The Morgan fingerprint density at radius 2 is 1.20 bits per heavy atom. The molecule has 0 N–H and O–H groups in total. The predicted octanol–water partition coefficient (Wildman–Crippen LogP) is 11.4. The van der Waals surface area contributed by atoms with E-state index in [-0.39, 0.29) is 29.7 Å². The summed E-state index contributed by atoms with van der Waals surface area (Å²) in [5, 5.41) is 8.73. The number of hydrogen-bond donors (Lipinski definition) is 0. The summed E-state index contributed by atoms with van der Waals surface area (Å²) in [5.74, 6) is 1.41. The van der Waals surface area contributed by atoms with Gasteiger partial charge in [-0.1, -0.05) is 121 Å². The summed E-state index contributed by atoms with van der Waals surface area (Å²) in [7, 11) is 0. The molecule has 1 heteroatoms. The Bertz CT molecular complexity index is 2600. The SMILES string of the molecule is [2H]c1c([2H])c([2H])c(-c2ccc3c4c(cccc24)-c2cc(-c4c5ccccc5cc5ccc6ccccc6c45)ccc2O3)c([2H])c1[2H]. The lowest BCUT2D eigenvalue weighted by Gasteiger charge is -2.24. The van der Waals surface area contributed by atoms with Gasteiger partial charge in [-0.3, -0.25) is 0 Å². The molecule has 0 unspecified atom stereocenters. The van der Waals surface area contributed by atoms with Crippen LogP contribution in [-0.2, 0) is 0 Å². The standard InChI is InChI=1S/C40H24O/c1-2-9-25(10-3-1)30-20-22-37-40-33(30)15-8-16-34(40)35-24-29(19-21-36(35)41-37)39-32-14-7-5-12-27(32)23-28-18-17-26-11-4-6-13-31(26)38(28)39/h1-24H/i1D,2D,3D,9D,10D. The second-order valence-corrected chi connectivity index (χ2v) is 10.5. The first-order valence-electron chi connectivity index (χ1n) is 16.2. The van der Waals surface area contributed by atoms with Crippen LogP contribution in [0.2, 0.25) is 0 Å². The fraction of sp³-hybridized carbons (Fsp3) is 0. The van der Waals surface area contributed by atoms with E-state index in [0.717, 1.165) is 33.2 Å². The van der Waals surface area contributed by atoms with Crippen molar-refractivity contribution in [1.82, 2.24) is 0 Å². The highest BCUT2D eigenvalue weighted by Crippen LogP contribution is 2.50. The van der Waals surface area contributed by atoms with Gasteiger partial charge in [0, 0.05) is 10.9 Å². The van der Waals surface area contributed by atoms with E-state index in [2.05, 4.69) is 84.9 Å². The Balaban J connectivity index is 1.33. The van der Waals surface area contributed by atoms with Crippen LogP contribution in [0.1, 0.15) is 6.85 Å². The van der Waals surface area contributed by atoms with Crippen molar-refractivity contribution in [3.63, 3.8) is 0 Å². The molecule has 1 nitrogen and oxygen atoms in total. The number of hydrogen-bond acceptors (Lipinski definition) is 1. The average molecular weight is 526 g/mol. The van der Waals surface area contributed by atoms with Gasteiger partial charge in [0.2, 0.25) is 0 Å². The first-order valence-corrected chi connectivity index (χ1v) is 13.7. The van der Waals surface area contributed by atoms with Crippen molar-refractivity contribution < 1.29 is 11.6 Å². The summed E-state index contributed by atoms with van der Waals surface area (Å²) in [6.07, 6.45) is 0. The lowest BCUT2D eigenvalue weighted by Crippen LogP contribution is -1.98. The number of ether oxygens (including phenoxy) is 1. The molecule has 190 valence electrons. The zero-order valence-electron chi connectivity index (χ0n) is 26.9. The van der Waals surface area contributed by atoms with Gasteiger partial charge in [-0.2, -0.15) is 0 Å². The van der Waals surface area contributed by atoms with Crippen LogP contribution in [0, 0.1) is 0 Å². The summed E-state index contributed by atoms with van der Waals surface area (Å²) in [6, 6.07) is 38.1. The number of rotatable bonds is 2. The van der Waals surface area contributed by atoms with Crippen molar-refractivity contribution in [1.29, 1.82) is 0 Å². The molecule has 1 heterocycles. The quantitative estimate of drug-likeness (QED) is 0.161. The van der Waals surface area contributed by atoms with Crippen LogP contribution < -0.4 is 4.74 Å². The van der Waals surface area contributed by atoms with Crippen molar-refractivity contribution in [3.05, 3.63) is 145 Å². The maximum absolute atomic E-state index is 8.64. The summed E-state index contributed by atoms with van der Waals surface area (Å²) in [6.45, 7) is 0. The molecule has 0 amide bonds. The van der Waals surface area contributed by atoms with E-state index in [4.69, 9.17) is 11.6 Å². The van der Waals surface area contributed by atoms with Crippen LogP contribution in [0.5, 0.6) is 11.5 Å². The molecule has 1 aliphatic heterocycles. The third-order valence-electron chi connectivity index (χ3n) is 8.30. The van der Waals surface area contributed by atoms with Gasteiger partial charge in [0.1, 0.15) is 11.5 Å². The van der Waals surface area contributed by atoms with Gasteiger partial charge in [0.05, 0.1) is 6.85 Å². The van der Waals surface area contributed by atoms with Crippen molar-refractivity contribution in [2.45, 2.75) is 0 Å². The summed E-state index contributed by atoms with van der Waals surface area (Å²) in [4.78, 5) is 0. The van der Waals surface area contributed by atoms with Gasteiger partial charge in [0.25, 0.3) is 0 Å². The second-order valence-electron chi connectivity index (χ2n) is 10.5. The molecular weight excluding hydrogens is 496 g/mol. The number of benzene rings is 8. The van der Waals surface area contributed by atoms with E-state index >= 15 is 0 Å². The molecule has 41 heavy (non-hydrogen) atoms. The Morgan fingerprint density at radius 1 is 0.439 bits per heavy atom. The molecule has 0 spiro atoms. The van der Waals surface area contributed by atoms with Gasteiger partial charge in [0.15, 0.2) is 0 Å². The minimum absolute atomic E-state index is 0.184. The molecule has 0 bridgehead atoms. The molecule has 8 aromatic carbocycles. The molecule has 0 fully saturated rings. The minimum Gasteiger partial charge on any atom is -0.456 e. The summed E-state index contributed by atoms with van der Waals surface area (Å²) >= 11 is 0. The highest BCUT2D eigenvalue weighted by Gasteiger charge is 2.23. The van der Waals surface area contributed by atoms with Crippen molar-refractivity contribution in [2.24, 2.45) is 0 Å². The normalized spacial score (nSPS) is 13.8. The van der Waals surface area contributed by atoms with Gasteiger partial charge in [-0.15, -0.1) is 0 Å². The summed E-state index contributed by atoms with van der Waals surface area (Å²) in [5.41, 5.74) is 4.91. The molecule has 0 aliphatic carbocycles.